The van der Waals surface area contributed by atoms with Crippen molar-refractivity contribution in [2.24, 2.45) is 0 Å². The molecule has 0 radical (unpaired) electrons. The predicted molar refractivity (Wildman–Crippen MR) is 55.5 cm³/mol. The highest BCUT2D eigenvalue weighted by Gasteiger charge is 2.13. The van der Waals surface area contributed by atoms with E-state index in [1.54, 1.807) is 17.5 Å². The molecule has 0 aliphatic rings. The van der Waals surface area contributed by atoms with Gasteiger partial charge in [0.2, 0.25) is 0 Å². The summed E-state index contributed by atoms with van der Waals surface area (Å²) >= 11 is 1.59. The molecule has 2 N–H and O–H groups in total. The van der Waals surface area contributed by atoms with Gasteiger partial charge in [0, 0.05) is 24.5 Å². The third kappa shape index (κ3) is 3.43. The fourth-order valence-electron chi connectivity index (χ4n) is 1.14. The van der Waals surface area contributed by atoms with Gasteiger partial charge in [0.25, 0.3) is 0 Å². The van der Waals surface area contributed by atoms with Crippen molar-refractivity contribution in [1.82, 2.24) is 10.3 Å². The van der Waals surface area contributed by atoms with Crippen molar-refractivity contribution in [3.8, 4) is 0 Å². The normalized spacial score (nSPS) is 12.6. The highest BCUT2D eigenvalue weighted by Crippen LogP contribution is 2.03. The lowest BCUT2D eigenvalue weighted by Crippen LogP contribution is -2.37. The molecule has 0 fully saturated rings. The highest BCUT2D eigenvalue weighted by atomic mass is 32.1. The minimum absolute atomic E-state index is 0.435. The van der Waals surface area contributed by atoms with E-state index in [1.165, 1.54) is 0 Å². The molecule has 0 spiro atoms. The van der Waals surface area contributed by atoms with Crippen molar-refractivity contribution in [1.29, 1.82) is 0 Å². The van der Waals surface area contributed by atoms with Gasteiger partial charge in [-0.2, -0.15) is 0 Å². The quantitative estimate of drug-likeness (QED) is 0.745. The van der Waals surface area contributed by atoms with Crippen molar-refractivity contribution >= 4 is 17.3 Å². The minimum atomic E-state index is -0.786. The molecule has 1 aromatic rings. The molecule has 1 heterocycles. The van der Waals surface area contributed by atoms with Gasteiger partial charge in [0.15, 0.2) is 0 Å². The topological polar surface area (TPSA) is 62.2 Å². The van der Waals surface area contributed by atoms with Gasteiger partial charge in [-0.15, -0.1) is 11.3 Å². The second-order valence-corrected chi connectivity index (χ2v) is 3.91. The summed E-state index contributed by atoms with van der Waals surface area (Å²) in [5.74, 6) is -0.786. The van der Waals surface area contributed by atoms with Crippen LogP contribution in [0, 0.1) is 0 Å². The largest absolute Gasteiger partial charge is 0.480 e. The minimum Gasteiger partial charge on any atom is -0.480 e. The first-order valence-electron chi connectivity index (χ1n) is 4.58. The standard InChI is InChI=1S/C9H14N2O2S/c1-2-7(9(12)13)10-4-3-8-11-5-6-14-8/h5-7,10H,2-4H2,1H3,(H,12,13). The summed E-state index contributed by atoms with van der Waals surface area (Å²) in [5.41, 5.74) is 0. The van der Waals surface area contributed by atoms with Crippen LogP contribution in [0.25, 0.3) is 0 Å². The molecule has 0 amide bonds. The van der Waals surface area contributed by atoms with E-state index in [0.717, 1.165) is 11.4 Å². The summed E-state index contributed by atoms with van der Waals surface area (Å²) in [7, 11) is 0. The van der Waals surface area contributed by atoms with Crippen LogP contribution in [0.4, 0.5) is 0 Å². The Bertz CT molecular complexity index is 274. The van der Waals surface area contributed by atoms with E-state index in [4.69, 9.17) is 5.11 Å². The van der Waals surface area contributed by atoms with E-state index in [2.05, 4.69) is 10.3 Å². The number of aliphatic carboxylic acids is 1. The van der Waals surface area contributed by atoms with Crippen LogP contribution in [-0.4, -0.2) is 28.6 Å². The van der Waals surface area contributed by atoms with Gasteiger partial charge in [0.05, 0.1) is 5.01 Å². The number of carboxylic acids is 1. The molecule has 0 bridgehead atoms. The average Bonchev–Trinajstić information content (AvgIpc) is 2.64. The van der Waals surface area contributed by atoms with Gasteiger partial charge < -0.3 is 10.4 Å². The van der Waals surface area contributed by atoms with Gasteiger partial charge in [-0.1, -0.05) is 6.92 Å². The molecule has 14 heavy (non-hydrogen) atoms. The number of carbonyl (C=O) groups is 1. The van der Waals surface area contributed by atoms with Crippen LogP contribution >= 0.6 is 11.3 Å². The molecular weight excluding hydrogens is 200 g/mol. The Morgan fingerprint density at radius 2 is 2.57 bits per heavy atom. The summed E-state index contributed by atoms with van der Waals surface area (Å²) in [4.78, 5) is 14.8. The Morgan fingerprint density at radius 1 is 1.79 bits per heavy atom. The van der Waals surface area contributed by atoms with Crippen LogP contribution in [0.1, 0.15) is 18.4 Å². The number of thiazole rings is 1. The molecule has 0 aliphatic heterocycles. The van der Waals surface area contributed by atoms with E-state index < -0.39 is 12.0 Å². The van der Waals surface area contributed by atoms with Crippen molar-refractivity contribution in [2.75, 3.05) is 6.54 Å². The zero-order valence-electron chi connectivity index (χ0n) is 8.06. The summed E-state index contributed by atoms with van der Waals surface area (Å²) in [6.45, 7) is 2.52. The Hall–Kier alpha value is -0.940. The molecule has 0 aromatic carbocycles. The van der Waals surface area contributed by atoms with Crippen molar-refractivity contribution in [3.05, 3.63) is 16.6 Å². The zero-order chi connectivity index (χ0) is 10.4. The SMILES string of the molecule is CCC(NCCc1nccs1)C(=O)O. The van der Waals surface area contributed by atoms with Crippen LogP contribution in [-0.2, 0) is 11.2 Å². The molecular formula is C9H14N2O2S. The molecule has 78 valence electrons. The van der Waals surface area contributed by atoms with Gasteiger partial charge in [0.1, 0.15) is 6.04 Å². The van der Waals surface area contributed by atoms with Crippen LogP contribution in [0.15, 0.2) is 11.6 Å². The van der Waals surface area contributed by atoms with E-state index in [0.29, 0.717) is 13.0 Å². The van der Waals surface area contributed by atoms with Crippen LogP contribution in [0.3, 0.4) is 0 Å². The van der Waals surface area contributed by atoms with E-state index >= 15 is 0 Å². The first kappa shape index (κ1) is 11.1. The number of nitrogens with zero attached hydrogens (tertiary/aromatic N) is 1. The number of carboxylic acid groups (broad SMARTS) is 1. The number of hydrogen-bond donors (Lipinski definition) is 2. The van der Waals surface area contributed by atoms with Crippen LogP contribution < -0.4 is 5.32 Å². The second-order valence-electron chi connectivity index (χ2n) is 2.93. The Kier molecular flexibility index (Phi) is 4.55. The predicted octanol–water partition coefficient (Wildman–Crippen LogP) is 1.14. The summed E-state index contributed by atoms with van der Waals surface area (Å²) < 4.78 is 0. The average molecular weight is 214 g/mol. The molecule has 0 saturated heterocycles. The lowest BCUT2D eigenvalue weighted by molar-refractivity contribution is -0.139. The molecule has 4 nitrogen and oxygen atoms in total. The third-order valence-corrected chi connectivity index (χ3v) is 2.76. The Labute approximate surface area is 87.0 Å². The van der Waals surface area contributed by atoms with E-state index in [9.17, 15) is 4.79 Å². The Morgan fingerprint density at radius 3 is 3.07 bits per heavy atom. The maximum atomic E-state index is 10.6. The molecule has 0 aliphatic carbocycles. The number of nitrogens with one attached hydrogen (secondary N) is 1. The lowest BCUT2D eigenvalue weighted by Gasteiger charge is -2.10. The van der Waals surface area contributed by atoms with Crippen molar-refractivity contribution in [2.45, 2.75) is 25.8 Å². The first-order valence-corrected chi connectivity index (χ1v) is 5.46. The van der Waals surface area contributed by atoms with Crippen LogP contribution in [0.2, 0.25) is 0 Å². The molecule has 1 unspecified atom stereocenters. The maximum absolute atomic E-state index is 10.6. The summed E-state index contributed by atoms with van der Waals surface area (Å²) in [6, 6.07) is -0.435. The molecule has 1 rings (SSSR count). The van der Waals surface area contributed by atoms with Gasteiger partial charge >= 0.3 is 5.97 Å². The fraction of sp³-hybridized carbons (Fsp3) is 0.556. The Balaban J connectivity index is 2.23. The third-order valence-electron chi connectivity index (χ3n) is 1.92. The van der Waals surface area contributed by atoms with Gasteiger partial charge in [-0.3, -0.25) is 4.79 Å². The van der Waals surface area contributed by atoms with Crippen molar-refractivity contribution < 1.29 is 9.90 Å². The second kappa shape index (κ2) is 5.72. The molecule has 1 atom stereocenters. The first-order chi connectivity index (χ1) is 6.74. The van der Waals surface area contributed by atoms with Gasteiger partial charge in [-0.05, 0) is 6.42 Å². The summed E-state index contributed by atoms with van der Waals surface area (Å²) in [6.07, 6.45) is 3.16. The number of rotatable bonds is 6. The van der Waals surface area contributed by atoms with Gasteiger partial charge in [-0.25, -0.2) is 4.98 Å². The summed E-state index contributed by atoms with van der Waals surface area (Å²) in [5, 5.41) is 14.7. The highest BCUT2D eigenvalue weighted by molar-refractivity contribution is 7.09. The zero-order valence-corrected chi connectivity index (χ0v) is 8.88. The smallest absolute Gasteiger partial charge is 0.320 e. The molecule has 1 aromatic heterocycles. The molecule has 0 saturated carbocycles. The number of hydrogen-bond acceptors (Lipinski definition) is 4. The van der Waals surface area contributed by atoms with E-state index in [1.807, 2.05) is 12.3 Å². The maximum Gasteiger partial charge on any atom is 0.320 e. The van der Waals surface area contributed by atoms with Crippen LogP contribution in [0.5, 0.6) is 0 Å². The monoisotopic (exact) mass is 214 g/mol. The van der Waals surface area contributed by atoms with Crippen molar-refractivity contribution in [3.63, 3.8) is 0 Å². The molecule has 5 heteroatoms. The fourth-order valence-corrected chi connectivity index (χ4v) is 1.76. The van der Waals surface area contributed by atoms with E-state index in [-0.39, 0.29) is 0 Å². The number of aromatic nitrogens is 1. The lowest BCUT2D eigenvalue weighted by atomic mass is 10.2.